The molecule has 1 amide bonds. The third kappa shape index (κ3) is 2.49. The molecule has 0 bridgehead atoms. The summed E-state index contributed by atoms with van der Waals surface area (Å²) in [6.07, 6.45) is 1.66. The van der Waals surface area contributed by atoms with Gasteiger partial charge in [0.05, 0.1) is 11.9 Å². The summed E-state index contributed by atoms with van der Waals surface area (Å²) in [4.78, 5) is 20.7. The Hall–Kier alpha value is -2.45. The van der Waals surface area contributed by atoms with E-state index in [9.17, 15) is 18.0 Å². The molecule has 132 valence electrons. The number of amides is 1. The van der Waals surface area contributed by atoms with Crippen LogP contribution in [-0.4, -0.2) is 37.4 Å². The van der Waals surface area contributed by atoms with Crippen molar-refractivity contribution in [2.45, 2.75) is 44.3 Å². The van der Waals surface area contributed by atoms with E-state index in [2.05, 4.69) is 20.4 Å². The highest BCUT2D eigenvalue weighted by Crippen LogP contribution is 2.57. The van der Waals surface area contributed by atoms with Crippen LogP contribution in [0.5, 0.6) is 0 Å². The van der Waals surface area contributed by atoms with E-state index in [1.54, 1.807) is 4.68 Å². The van der Waals surface area contributed by atoms with Crippen molar-refractivity contribution in [3.8, 4) is 5.82 Å². The lowest BCUT2D eigenvalue weighted by Gasteiger charge is -2.28. The van der Waals surface area contributed by atoms with Gasteiger partial charge in [-0.05, 0) is 32.6 Å². The lowest BCUT2D eigenvalue weighted by atomic mass is 10.0. The van der Waals surface area contributed by atoms with Crippen LogP contribution in [0.3, 0.4) is 0 Å². The molecule has 2 aliphatic rings. The standard InChI is InChI=1S/C16H16F3N5O/c1-15(2,16(17,18)19)22-14(25)12-10-6-8-5-9(8)13(10)24(23-12)11-7-20-3-4-21-11/h3-4,7-9H,5-6H2,1-2H3,(H,22,25). The Balaban J connectivity index is 1.72. The minimum atomic E-state index is -4.55. The maximum atomic E-state index is 13.1. The molecule has 25 heavy (non-hydrogen) atoms. The molecule has 2 aromatic heterocycles. The molecule has 2 aliphatic carbocycles. The zero-order chi connectivity index (χ0) is 18.0. The summed E-state index contributed by atoms with van der Waals surface area (Å²) in [5.41, 5.74) is -0.692. The number of halogens is 3. The molecule has 1 saturated carbocycles. The number of rotatable bonds is 3. The van der Waals surface area contributed by atoms with Crippen LogP contribution < -0.4 is 5.32 Å². The Morgan fingerprint density at radius 1 is 1.32 bits per heavy atom. The Morgan fingerprint density at radius 3 is 2.72 bits per heavy atom. The molecule has 9 heteroatoms. The zero-order valence-electron chi connectivity index (χ0n) is 13.6. The molecule has 0 radical (unpaired) electrons. The topological polar surface area (TPSA) is 72.7 Å². The quantitative estimate of drug-likeness (QED) is 0.922. The molecule has 4 rings (SSSR count). The van der Waals surface area contributed by atoms with Gasteiger partial charge in [-0.2, -0.15) is 18.3 Å². The predicted molar refractivity (Wildman–Crippen MR) is 81.3 cm³/mol. The van der Waals surface area contributed by atoms with Gasteiger partial charge in [0, 0.05) is 23.9 Å². The Morgan fingerprint density at radius 2 is 2.08 bits per heavy atom. The largest absolute Gasteiger partial charge is 0.410 e. The van der Waals surface area contributed by atoms with Crippen molar-refractivity contribution in [1.29, 1.82) is 0 Å². The van der Waals surface area contributed by atoms with Crippen molar-refractivity contribution in [3.05, 3.63) is 35.5 Å². The van der Waals surface area contributed by atoms with E-state index in [0.29, 0.717) is 24.1 Å². The van der Waals surface area contributed by atoms with E-state index < -0.39 is 17.6 Å². The minimum Gasteiger partial charge on any atom is -0.337 e. The predicted octanol–water partition coefficient (Wildman–Crippen LogP) is 2.39. The van der Waals surface area contributed by atoms with Crippen molar-refractivity contribution in [2.24, 2.45) is 5.92 Å². The summed E-state index contributed by atoms with van der Waals surface area (Å²) in [6, 6.07) is 0. The first-order valence-corrected chi connectivity index (χ1v) is 7.96. The smallest absolute Gasteiger partial charge is 0.337 e. The van der Waals surface area contributed by atoms with Gasteiger partial charge in [-0.3, -0.25) is 9.78 Å². The van der Waals surface area contributed by atoms with Crippen LogP contribution in [0.1, 0.15) is 47.9 Å². The number of hydrogen-bond donors (Lipinski definition) is 1. The van der Waals surface area contributed by atoms with Gasteiger partial charge < -0.3 is 5.32 Å². The normalized spacial score (nSPS) is 21.6. The van der Waals surface area contributed by atoms with E-state index in [4.69, 9.17) is 0 Å². The molecule has 6 nitrogen and oxygen atoms in total. The monoisotopic (exact) mass is 351 g/mol. The summed E-state index contributed by atoms with van der Waals surface area (Å²) in [7, 11) is 0. The maximum Gasteiger partial charge on any atom is 0.410 e. The molecule has 2 unspecified atom stereocenters. The summed E-state index contributed by atoms with van der Waals surface area (Å²) < 4.78 is 40.7. The molecule has 1 N–H and O–H groups in total. The number of carbonyl (C=O) groups excluding carboxylic acids is 1. The molecule has 0 aliphatic heterocycles. The SMILES string of the molecule is CC(C)(NC(=O)c1nn(-c2cnccn2)c2c1CC1CC21)C(F)(F)F. The third-order valence-electron chi connectivity index (χ3n) is 4.88. The molecule has 1 fully saturated rings. The van der Waals surface area contributed by atoms with Crippen molar-refractivity contribution in [2.75, 3.05) is 0 Å². The summed E-state index contributed by atoms with van der Waals surface area (Å²) in [6.45, 7) is 1.87. The van der Waals surface area contributed by atoms with E-state index in [-0.39, 0.29) is 5.69 Å². The van der Waals surface area contributed by atoms with Gasteiger partial charge in [-0.25, -0.2) is 9.67 Å². The van der Waals surface area contributed by atoms with Crippen LogP contribution in [0.2, 0.25) is 0 Å². The second-order valence-corrected chi connectivity index (χ2v) is 7.07. The van der Waals surface area contributed by atoms with Gasteiger partial charge in [-0.1, -0.05) is 0 Å². The number of nitrogens with one attached hydrogen (secondary N) is 1. The van der Waals surface area contributed by atoms with Crippen LogP contribution in [0.15, 0.2) is 18.6 Å². The maximum absolute atomic E-state index is 13.1. The number of carbonyl (C=O) groups is 1. The second kappa shape index (κ2) is 5.03. The van der Waals surface area contributed by atoms with E-state index >= 15 is 0 Å². The number of nitrogens with zero attached hydrogens (tertiary/aromatic N) is 4. The molecule has 0 saturated heterocycles. The second-order valence-electron chi connectivity index (χ2n) is 7.07. The van der Waals surface area contributed by atoms with E-state index in [1.807, 2.05) is 0 Å². The highest BCUT2D eigenvalue weighted by Gasteiger charge is 2.52. The number of hydrogen-bond acceptors (Lipinski definition) is 4. The first-order valence-electron chi connectivity index (χ1n) is 7.96. The first-order chi connectivity index (χ1) is 11.7. The summed E-state index contributed by atoms with van der Waals surface area (Å²) >= 11 is 0. The fourth-order valence-corrected chi connectivity index (χ4v) is 3.29. The first kappa shape index (κ1) is 16.0. The number of aromatic nitrogens is 4. The lowest BCUT2D eigenvalue weighted by molar-refractivity contribution is -0.182. The molecule has 0 spiro atoms. The number of alkyl halides is 3. The van der Waals surface area contributed by atoms with Crippen molar-refractivity contribution >= 4 is 5.91 Å². The van der Waals surface area contributed by atoms with Gasteiger partial charge in [0.15, 0.2) is 11.5 Å². The molecule has 0 aromatic carbocycles. The highest BCUT2D eigenvalue weighted by molar-refractivity contribution is 5.95. The molecular formula is C16H16F3N5O. The van der Waals surface area contributed by atoms with E-state index in [1.165, 1.54) is 18.6 Å². The van der Waals surface area contributed by atoms with Crippen LogP contribution in [0.25, 0.3) is 5.82 Å². The average Bonchev–Trinajstić information content (AvgIpc) is 3.02. The summed E-state index contributed by atoms with van der Waals surface area (Å²) in [5, 5.41) is 6.34. The van der Waals surface area contributed by atoms with Gasteiger partial charge >= 0.3 is 6.18 Å². The molecule has 2 heterocycles. The third-order valence-corrected chi connectivity index (χ3v) is 4.88. The van der Waals surface area contributed by atoms with E-state index in [0.717, 1.165) is 31.5 Å². The van der Waals surface area contributed by atoms with Crippen molar-refractivity contribution < 1.29 is 18.0 Å². The minimum absolute atomic E-state index is 0.0465. The Labute approximate surface area is 141 Å². The van der Waals surface area contributed by atoms with Crippen LogP contribution in [0, 0.1) is 5.92 Å². The highest BCUT2D eigenvalue weighted by atomic mass is 19.4. The van der Waals surface area contributed by atoms with Gasteiger partial charge in [-0.15, -0.1) is 0 Å². The van der Waals surface area contributed by atoms with Gasteiger partial charge in [0.25, 0.3) is 5.91 Å². The zero-order valence-corrected chi connectivity index (χ0v) is 13.6. The lowest BCUT2D eigenvalue weighted by Crippen LogP contribution is -2.54. The molecule has 2 aromatic rings. The van der Waals surface area contributed by atoms with Crippen LogP contribution >= 0.6 is 0 Å². The fourth-order valence-electron chi connectivity index (χ4n) is 3.29. The Bertz CT molecular complexity index is 843. The van der Waals surface area contributed by atoms with Crippen LogP contribution in [-0.2, 0) is 6.42 Å². The fraction of sp³-hybridized carbons (Fsp3) is 0.500. The number of fused-ring (bicyclic) bond motifs is 3. The van der Waals surface area contributed by atoms with Crippen molar-refractivity contribution in [3.63, 3.8) is 0 Å². The summed E-state index contributed by atoms with van der Waals surface area (Å²) in [5.74, 6) is 0.378. The molecular weight excluding hydrogens is 335 g/mol. The average molecular weight is 351 g/mol. The van der Waals surface area contributed by atoms with Crippen LogP contribution in [0.4, 0.5) is 13.2 Å². The molecule has 2 atom stereocenters. The Kier molecular flexibility index (Phi) is 3.23. The van der Waals surface area contributed by atoms with Crippen molar-refractivity contribution in [1.82, 2.24) is 25.1 Å². The van der Waals surface area contributed by atoms with Gasteiger partial charge in [0.2, 0.25) is 0 Å². The van der Waals surface area contributed by atoms with Gasteiger partial charge in [0.1, 0.15) is 5.54 Å².